The van der Waals surface area contributed by atoms with Gasteiger partial charge in [0.15, 0.2) is 0 Å². The van der Waals surface area contributed by atoms with Gasteiger partial charge in [-0.25, -0.2) is 0 Å². The molecule has 0 saturated carbocycles. The van der Waals surface area contributed by atoms with Gasteiger partial charge in [-0.2, -0.15) is 0 Å². The maximum atomic E-state index is 6.26. The Hall–Kier alpha value is -0.770. The van der Waals surface area contributed by atoms with Gasteiger partial charge in [-0.3, -0.25) is 4.90 Å². The smallest absolute Gasteiger partial charge is 0.125 e. The molecule has 0 radical (unpaired) electrons. The number of ether oxygens (including phenoxy) is 1. The normalized spacial score (nSPS) is 16.3. The molecule has 0 amide bonds. The van der Waals surface area contributed by atoms with Crippen LogP contribution in [-0.4, -0.2) is 37.7 Å². The van der Waals surface area contributed by atoms with E-state index in [2.05, 4.69) is 17.1 Å². The topological polar surface area (TPSA) is 24.5 Å². The van der Waals surface area contributed by atoms with Crippen molar-refractivity contribution >= 4 is 11.6 Å². The Labute approximate surface area is 127 Å². The lowest BCUT2D eigenvalue weighted by Crippen LogP contribution is -2.33. The number of rotatable bonds is 7. The van der Waals surface area contributed by atoms with Crippen LogP contribution in [0.3, 0.4) is 0 Å². The summed E-state index contributed by atoms with van der Waals surface area (Å²) >= 11 is 6.26. The van der Waals surface area contributed by atoms with Gasteiger partial charge in [0.05, 0.1) is 0 Å². The van der Waals surface area contributed by atoms with Crippen LogP contribution in [0.2, 0.25) is 5.02 Å². The summed E-state index contributed by atoms with van der Waals surface area (Å²) < 4.78 is 5.95. The van der Waals surface area contributed by atoms with Crippen LogP contribution in [0.5, 0.6) is 5.75 Å². The van der Waals surface area contributed by atoms with Crippen molar-refractivity contribution in [2.24, 2.45) is 0 Å². The van der Waals surface area contributed by atoms with E-state index < -0.39 is 0 Å². The Morgan fingerprint density at radius 1 is 1.25 bits per heavy atom. The highest BCUT2D eigenvalue weighted by molar-refractivity contribution is 6.31. The third kappa shape index (κ3) is 4.65. The van der Waals surface area contributed by atoms with Gasteiger partial charge in [-0.05, 0) is 44.6 Å². The third-order valence-electron chi connectivity index (χ3n) is 3.74. The molecular weight excluding hydrogens is 272 g/mol. The number of nitrogens with zero attached hydrogens (tertiary/aromatic N) is 1. The first-order valence-corrected chi connectivity index (χ1v) is 8.02. The minimum absolute atomic E-state index is 0.736. The van der Waals surface area contributed by atoms with Crippen molar-refractivity contribution in [2.75, 3.05) is 32.8 Å². The highest BCUT2D eigenvalue weighted by Crippen LogP contribution is 2.26. The SMILES string of the molecule is CCNCc1c(Cl)cccc1OCCN1CCCCC1. The molecule has 2 rings (SSSR count). The van der Waals surface area contributed by atoms with Crippen molar-refractivity contribution in [3.63, 3.8) is 0 Å². The maximum absolute atomic E-state index is 6.26. The first-order chi connectivity index (χ1) is 9.81. The third-order valence-corrected chi connectivity index (χ3v) is 4.10. The number of hydrogen-bond donors (Lipinski definition) is 1. The van der Waals surface area contributed by atoms with Gasteiger partial charge in [0, 0.05) is 23.7 Å². The number of halogens is 1. The van der Waals surface area contributed by atoms with Gasteiger partial charge in [0.25, 0.3) is 0 Å². The molecule has 20 heavy (non-hydrogen) atoms. The zero-order valence-corrected chi connectivity index (χ0v) is 13.1. The van der Waals surface area contributed by atoms with Gasteiger partial charge in [0.2, 0.25) is 0 Å². The Kier molecular flexibility index (Phi) is 6.64. The molecule has 0 atom stereocenters. The van der Waals surface area contributed by atoms with Gasteiger partial charge in [0.1, 0.15) is 12.4 Å². The van der Waals surface area contributed by atoms with Crippen molar-refractivity contribution in [3.05, 3.63) is 28.8 Å². The van der Waals surface area contributed by atoms with Gasteiger partial charge >= 0.3 is 0 Å². The summed E-state index contributed by atoms with van der Waals surface area (Å²) in [5, 5.41) is 4.09. The molecule has 1 saturated heterocycles. The van der Waals surface area contributed by atoms with Gasteiger partial charge in [-0.15, -0.1) is 0 Å². The van der Waals surface area contributed by atoms with Crippen molar-refractivity contribution in [1.29, 1.82) is 0 Å². The van der Waals surface area contributed by atoms with E-state index in [1.54, 1.807) is 0 Å². The summed E-state index contributed by atoms with van der Waals surface area (Å²) in [6, 6.07) is 5.88. The van der Waals surface area contributed by atoms with Crippen LogP contribution in [0.4, 0.5) is 0 Å². The number of likely N-dealkylation sites (tertiary alicyclic amines) is 1. The average Bonchev–Trinajstić information content (AvgIpc) is 2.48. The summed E-state index contributed by atoms with van der Waals surface area (Å²) in [6.07, 6.45) is 4.02. The molecule has 1 fully saturated rings. The van der Waals surface area contributed by atoms with Crippen LogP contribution in [0.25, 0.3) is 0 Å². The van der Waals surface area contributed by atoms with Crippen molar-refractivity contribution in [2.45, 2.75) is 32.7 Å². The second-order valence-electron chi connectivity index (χ2n) is 5.25. The summed E-state index contributed by atoms with van der Waals surface area (Å²) in [4.78, 5) is 2.48. The molecular formula is C16H25ClN2O. The van der Waals surface area contributed by atoms with E-state index in [1.807, 2.05) is 18.2 Å². The molecule has 3 nitrogen and oxygen atoms in total. The Morgan fingerprint density at radius 3 is 2.80 bits per heavy atom. The fourth-order valence-corrected chi connectivity index (χ4v) is 2.80. The lowest BCUT2D eigenvalue weighted by molar-refractivity contribution is 0.182. The maximum Gasteiger partial charge on any atom is 0.125 e. The van der Waals surface area contributed by atoms with E-state index in [-0.39, 0.29) is 0 Å². The number of nitrogens with one attached hydrogen (secondary N) is 1. The molecule has 0 aliphatic carbocycles. The van der Waals surface area contributed by atoms with Crippen LogP contribution in [0.15, 0.2) is 18.2 Å². The quantitative estimate of drug-likeness (QED) is 0.835. The van der Waals surface area contributed by atoms with Crippen molar-refractivity contribution in [1.82, 2.24) is 10.2 Å². The van der Waals surface area contributed by atoms with Crippen LogP contribution in [-0.2, 0) is 6.54 Å². The lowest BCUT2D eigenvalue weighted by Gasteiger charge is -2.26. The summed E-state index contributed by atoms with van der Waals surface area (Å²) in [7, 11) is 0. The highest BCUT2D eigenvalue weighted by Gasteiger charge is 2.11. The Balaban J connectivity index is 1.86. The van der Waals surface area contributed by atoms with E-state index >= 15 is 0 Å². The molecule has 0 unspecified atom stereocenters. The summed E-state index contributed by atoms with van der Waals surface area (Å²) in [6.45, 7) is 7.94. The average molecular weight is 297 g/mol. The van der Waals surface area contributed by atoms with E-state index in [9.17, 15) is 0 Å². The van der Waals surface area contributed by atoms with Crippen LogP contribution >= 0.6 is 11.6 Å². The fourth-order valence-electron chi connectivity index (χ4n) is 2.56. The van der Waals surface area contributed by atoms with Crippen molar-refractivity contribution < 1.29 is 4.74 Å². The molecule has 0 spiro atoms. The zero-order chi connectivity index (χ0) is 14.2. The lowest BCUT2D eigenvalue weighted by atomic mass is 10.1. The second kappa shape index (κ2) is 8.50. The Bertz CT molecular complexity index is 405. The molecule has 0 bridgehead atoms. The van der Waals surface area contributed by atoms with Crippen LogP contribution < -0.4 is 10.1 Å². The molecule has 1 heterocycles. The predicted octanol–water partition coefficient (Wildman–Crippen LogP) is 3.31. The zero-order valence-electron chi connectivity index (χ0n) is 12.3. The van der Waals surface area contributed by atoms with E-state index in [0.717, 1.165) is 42.6 Å². The standard InChI is InChI=1S/C16H25ClN2O/c1-2-18-13-14-15(17)7-6-8-16(14)20-12-11-19-9-4-3-5-10-19/h6-8,18H,2-5,9-13H2,1H3. The molecule has 4 heteroatoms. The monoisotopic (exact) mass is 296 g/mol. The van der Waals surface area contributed by atoms with E-state index in [1.165, 1.54) is 32.4 Å². The first-order valence-electron chi connectivity index (χ1n) is 7.64. The van der Waals surface area contributed by atoms with Crippen LogP contribution in [0.1, 0.15) is 31.7 Å². The number of benzene rings is 1. The molecule has 1 aliphatic heterocycles. The molecule has 1 aliphatic rings. The van der Waals surface area contributed by atoms with Gasteiger partial charge in [-0.1, -0.05) is 31.0 Å². The summed E-state index contributed by atoms with van der Waals surface area (Å²) in [5.41, 5.74) is 1.06. The second-order valence-corrected chi connectivity index (χ2v) is 5.65. The Morgan fingerprint density at radius 2 is 2.05 bits per heavy atom. The molecule has 0 aromatic heterocycles. The minimum Gasteiger partial charge on any atom is -0.492 e. The molecule has 1 aromatic carbocycles. The first kappa shape index (κ1) is 15.6. The van der Waals surface area contributed by atoms with E-state index in [4.69, 9.17) is 16.3 Å². The molecule has 1 aromatic rings. The molecule has 112 valence electrons. The van der Waals surface area contributed by atoms with Gasteiger partial charge < -0.3 is 10.1 Å². The number of hydrogen-bond acceptors (Lipinski definition) is 3. The van der Waals surface area contributed by atoms with Crippen LogP contribution in [0, 0.1) is 0 Å². The van der Waals surface area contributed by atoms with E-state index in [0.29, 0.717) is 0 Å². The predicted molar refractivity (Wildman–Crippen MR) is 84.6 cm³/mol. The number of piperidine rings is 1. The summed E-state index contributed by atoms with van der Waals surface area (Å²) in [5.74, 6) is 0.912. The largest absolute Gasteiger partial charge is 0.492 e. The van der Waals surface area contributed by atoms with Crippen molar-refractivity contribution in [3.8, 4) is 5.75 Å². The highest BCUT2D eigenvalue weighted by atomic mass is 35.5. The fraction of sp³-hybridized carbons (Fsp3) is 0.625. The molecule has 1 N–H and O–H groups in total. The minimum atomic E-state index is 0.736.